The van der Waals surface area contributed by atoms with E-state index in [4.69, 9.17) is 21.1 Å². The van der Waals surface area contributed by atoms with Crippen LogP contribution in [0, 0.1) is 0 Å². The van der Waals surface area contributed by atoms with Gasteiger partial charge in [-0.1, -0.05) is 0 Å². The second kappa shape index (κ2) is 2.96. The van der Waals surface area contributed by atoms with Gasteiger partial charge in [0.1, 0.15) is 11.6 Å². The maximum atomic E-state index is 10.1. The van der Waals surface area contributed by atoms with Crippen molar-refractivity contribution in [3.63, 3.8) is 0 Å². The lowest BCUT2D eigenvalue weighted by Crippen LogP contribution is -2.53. The number of aliphatic hydroxyl groups excluding tert-OH is 1. The molecule has 0 aliphatic rings. The molecule has 0 rings (SSSR count). The van der Waals surface area contributed by atoms with E-state index in [2.05, 4.69) is 0 Å². The predicted octanol–water partition coefficient (Wildman–Crippen LogP) is -1.86. The van der Waals surface area contributed by atoms with Crippen LogP contribution in [-0.2, 0) is 4.79 Å². The van der Waals surface area contributed by atoms with Crippen LogP contribution in [0.4, 0.5) is 0 Å². The lowest BCUT2D eigenvalue weighted by Gasteiger charge is -2.23. The molecular weight excluding hydrogens is 138 g/mol. The van der Waals surface area contributed by atoms with Crippen molar-refractivity contribution < 1.29 is 20.1 Å². The Hall–Kier alpha value is -0.650. The summed E-state index contributed by atoms with van der Waals surface area (Å²) in [7, 11) is 0. The van der Waals surface area contributed by atoms with Gasteiger partial charge in [-0.3, -0.25) is 4.79 Å². The quantitative estimate of drug-likeness (QED) is 0.377. The molecule has 0 saturated heterocycles. The Morgan fingerprint density at radius 3 is 2.30 bits per heavy atom. The number of rotatable bonds is 3. The average Bonchev–Trinajstić information content (AvgIpc) is 1.86. The fraction of sp³-hybridized carbons (Fsp3) is 0.800. The molecule has 0 saturated carbocycles. The first-order valence-electron chi connectivity index (χ1n) is 2.73. The van der Waals surface area contributed by atoms with E-state index in [-0.39, 0.29) is 0 Å². The van der Waals surface area contributed by atoms with E-state index < -0.39 is 24.2 Å². The van der Waals surface area contributed by atoms with Crippen molar-refractivity contribution in [2.24, 2.45) is 5.73 Å². The number of nitrogens with two attached hydrogens (primary N) is 1. The van der Waals surface area contributed by atoms with Gasteiger partial charge in [0.2, 0.25) is 0 Å². The minimum Gasteiger partial charge on any atom is -0.480 e. The fourth-order valence-corrected chi connectivity index (χ4v) is 0.364. The fourth-order valence-electron chi connectivity index (χ4n) is 0.364. The summed E-state index contributed by atoms with van der Waals surface area (Å²) in [6.07, 6.45) is 0. The Bertz CT molecular complexity index is 134. The van der Waals surface area contributed by atoms with Gasteiger partial charge in [0, 0.05) is 0 Å². The van der Waals surface area contributed by atoms with Crippen LogP contribution in [0.15, 0.2) is 0 Å². The van der Waals surface area contributed by atoms with Crippen molar-refractivity contribution in [3.05, 3.63) is 0 Å². The summed E-state index contributed by atoms with van der Waals surface area (Å²) in [5.41, 5.74) is 3.25. The van der Waals surface area contributed by atoms with Gasteiger partial charge in [0.05, 0.1) is 6.61 Å². The molecule has 0 aromatic carbocycles. The standard InChI is InChI=1S/C5H11NO4/c1-5(10,2-7)3(6)4(8)9/h3,7,10H,2,6H2,1H3,(H,8,9)/t3-,5-/m0/s1. The molecule has 0 radical (unpaired) electrons. The minimum absolute atomic E-state index is 0.666. The highest BCUT2D eigenvalue weighted by molar-refractivity contribution is 5.74. The summed E-state index contributed by atoms with van der Waals surface area (Å²) in [4.78, 5) is 10.1. The highest BCUT2D eigenvalue weighted by atomic mass is 16.4. The van der Waals surface area contributed by atoms with Crippen molar-refractivity contribution >= 4 is 5.97 Å². The predicted molar refractivity (Wildman–Crippen MR) is 33.3 cm³/mol. The third kappa shape index (κ3) is 1.94. The summed E-state index contributed by atoms with van der Waals surface area (Å²) in [6, 6.07) is -1.45. The van der Waals surface area contributed by atoms with Gasteiger partial charge < -0.3 is 21.1 Å². The summed E-state index contributed by atoms with van der Waals surface area (Å²) in [6.45, 7) is 0.492. The molecule has 0 amide bonds. The Balaban J connectivity index is 4.17. The lowest BCUT2D eigenvalue weighted by atomic mass is 9.99. The van der Waals surface area contributed by atoms with Gasteiger partial charge in [-0.2, -0.15) is 0 Å². The molecule has 0 heterocycles. The van der Waals surface area contributed by atoms with Crippen LogP contribution in [0.25, 0.3) is 0 Å². The highest BCUT2D eigenvalue weighted by Gasteiger charge is 2.33. The molecule has 60 valence electrons. The maximum Gasteiger partial charge on any atom is 0.323 e. The molecular formula is C5H11NO4. The van der Waals surface area contributed by atoms with Crippen molar-refractivity contribution in [2.75, 3.05) is 6.61 Å². The van der Waals surface area contributed by atoms with E-state index >= 15 is 0 Å². The van der Waals surface area contributed by atoms with Crippen LogP contribution in [0.5, 0.6) is 0 Å². The van der Waals surface area contributed by atoms with Crippen molar-refractivity contribution in [1.82, 2.24) is 0 Å². The zero-order valence-electron chi connectivity index (χ0n) is 5.61. The SMILES string of the molecule is C[C@](O)(CO)[C@@H](N)C(=O)O. The van der Waals surface area contributed by atoms with E-state index in [0.29, 0.717) is 0 Å². The molecule has 0 aromatic heterocycles. The zero-order valence-corrected chi connectivity index (χ0v) is 5.61. The molecule has 5 nitrogen and oxygen atoms in total. The molecule has 0 aromatic rings. The first-order valence-corrected chi connectivity index (χ1v) is 2.73. The largest absolute Gasteiger partial charge is 0.480 e. The first-order chi connectivity index (χ1) is 4.41. The number of hydrogen-bond donors (Lipinski definition) is 4. The Morgan fingerprint density at radius 1 is 1.80 bits per heavy atom. The number of carboxylic acid groups (broad SMARTS) is 1. The molecule has 5 heteroatoms. The van der Waals surface area contributed by atoms with Gasteiger partial charge in [0.25, 0.3) is 0 Å². The van der Waals surface area contributed by atoms with Crippen molar-refractivity contribution in [2.45, 2.75) is 18.6 Å². The average molecular weight is 149 g/mol. The molecule has 0 aliphatic heterocycles. The third-order valence-electron chi connectivity index (χ3n) is 1.26. The Morgan fingerprint density at radius 2 is 2.20 bits per heavy atom. The highest BCUT2D eigenvalue weighted by Crippen LogP contribution is 2.05. The second-order valence-corrected chi connectivity index (χ2v) is 2.33. The van der Waals surface area contributed by atoms with Crippen LogP contribution in [-0.4, -0.2) is 39.5 Å². The van der Waals surface area contributed by atoms with E-state index in [1.165, 1.54) is 0 Å². The third-order valence-corrected chi connectivity index (χ3v) is 1.26. The Labute approximate surface area is 58.1 Å². The van der Waals surface area contributed by atoms with Gasteiger partial charge >= 0.3 is 5.97 Å². The lowest BCUT2D eigenvalue weighted by molar-refractivity contribution is -0.146. The van der Waals surface area contributed by atoms with Crippen LogP contribution >= 0.6 is 0 Å². The van der Waals surface area contributed by atoms with Gasteiger partial charge in [0.15, 0.2) is 0 Å². The van der Waals surface area contributed by atoms with E-state index in [1.54, 1.807) is 0 Å². The number of carboxylic acids is 1. The summed E-state index contributed by atoms with van der Waals surface area (Å²) >= 11 is 0. The molecule has 0 bridgehead atoms. The molecule has 0 fully saturated rings. The first kappa shape index (κ1) is 9.35. The van der Waals surface area contributed by atoms with Crippen LogP contribution in [0.3, 0.4) is 0 Å². The van der Waals surface area contributed by atoms with Crippen molar-refractivity contribution in [3.8, 4) is 0 Å². The van der Waals surface area contributed by atoms with Crippen LogP contribution in [0.1, 0.15) is 6.92 Å². The zero-order chi connectivity index (χ0) is 8.36. The molecule has 5 N–H and O–H groups in total. The second-order valence-electron chi connectivity index (χ2n) is 2.33. The minimum atomic E-state index is -1.74. The normalized spacial score (nSPS) is 19.6. The molecule has 0 spiro atoms. The smallest absolute Gasteiger partial charge is 0.323 e. The van der Waals surface area contributed by atoms with E-state index in [1.807, 2.05) is 0 Å². The summed E-state index contributed by atoms with van der Waals surface area (Å²) in [5.74, 6) is -1.33. The molecule has 0 unspecified atom stereocenters. The van der Waals surface area contributed by atoms with Gasteiger partial charge in [-0.05, 0) is 6.92 Å². The molecule has 0 aliphatic carbocycles. The number of carbonyl (C=O) groups is 1. The Kier molecular flexibility index (Phi) is 2.77. The monoisotopic (exact) mass is 149 g/mol. The van der Waals surface area contributed by atoms with E-state index in [9.17, 15) is 4.79 Å². The number of hydrogen-bond acceptors (Lipinski definition) is 4. The number of aliphatic carboxylic acids is 1. The maximum absolute atomic E-state index is 10.1. The molecule has 10 heavy (non-hydrogen) atoms. The topological polar surface area (TPSA) is 104 Å². The van der Waals surface area contributed by atoms with E-state index in [0.717, 1.165) is 6.92 Å². The van der Waals surface area contributed by atoms with Gasteiger partial charge in [-0.15, -0.1) is 0 Å². The number of aliphatic hydroxyl groups is 2. The van der Waals surface area contributed by atoms with Gasteiger partial charge in [-0.25, -0.2) is 0 Å². The summed E-state index contributed by atoms with van der Waals surface area (Å²) < 4.78 is 0. The molecule has 2 atom stereocenters. The van der Waals surface area contributed by atoms with Crippen molar-refractivity contribution in [1.29, 1.82) is 0 Å². The van der Waals surface area contributed by atoms with Crippen LogP contribution in [0.2, 0.25) is 0 Å². The van der Waals surface area contributed by atoms with Crippen LogP contribution < -0.4 is 5.73 Å². The summed E-state index contributed by atoms with van der Waals surface area (Å²) in [5, 5.41) is 25.7.